The molecule has 0 spiro atoms. The summed E-state index contributed by atoms with van der Waals surface area (Å²) in [6.07, 6.45) is 29.5. The first-order chi connectivity index (χ1) is 65.2. The van der Waals surface area contributed by atoms with Gasteiger partial charge in [-0.2, -0.15) is 5.26 Å². The highest BCUT2D eigenvalue weighted by atomic mass is 16.7. The fraction of sp³-hybridized carbons (Fsp3) is 0.919. The van der Waals surface area contributed by atoms with Crippen LogP contribution in [0.15, 0.2) is 0 Å². The number of carbonyl (C=O) groups excluding carboxylic acids is 8. The number of esters is 8. The molecule has 0 radical (unpaired) electrons. The van der Waals surface area contributed by atoms with E-state index in [1.54, 1.807) is 0 Å². The molecule has 0 aromatic heterocycles. The Kier molecular flexibility index (Phi) is 30.6. The summed E-state index contributed by atoms with van der Waals surface area (Å²) in [5, 5.41) is 51.9. The maximum atomic E-state index is 13.2. The van der Waals surface area contributed by atoms with Gasteiger partial charge in [0.15, 0.2) is 30.6 Å². The van der Waals surface area contributed by atoms with E-state index >= 15 is 0 Å². The number of ether oxygens (including phenoxy) is 16. The van der Waals surface area contributed by atoms with E-state index in [9.17, 15) is 64.0 Å². The van der Waals surface area contributed by atoms with Gasteiger partial charge in [-0.1, -0.05) is 41.5 Å². The highest BCUT2D eigenvalue weighted by Crippen LogP contribution is 2.69. The van der Waals surface area contributed by atoms with Gasteiger partial charge in [-0.05, 0) is 314 Å². The van der Waals surface area contributed by atoms with Gasteiger partial charge in [0.1, 0.15) is 46.8 Å². The molecule has 22 unspecified atom stereocenters. The number of fused-ring (bicyclic) bond motifs is 2. The lowest BCUT2D eigenvalue weighted by atomic mass is 9.50. The molecule has 792 valence electrons. The highest BCUT2D eigenvalue weighted by molar-refractivity contribution is 5.85. The van der Waals surface area contributed by atoms with Crippen LogP contribution in [0.2, 0.25) is 0 Å². The molecule has 29 heteroatoms. The van der Waals surface area contributed by atoms with E-state index in [-0.39, 0.29) is 126 Å². The number of aliphatic hydroxyl groups is 4. The molecule has 4 saturated heterocycles. The molecular weight excluding hydrogens is 1800 g/mol. The molecule has 24 rings (SSSR count). The van der Waals surface area contributed by atoms with E-state index < -0.39 is 106 Å². The first kappa shape index (κ1) is 109. The molecule has 20 saturated carbocycles. The minimum atomic E-state index is -0.974. The summed E-state index contributed by atoms with van der Waals surface area (Å²) in [5.41, 5.74) is -11.1. The quantitative estimate of drug-likeness (QED) is 0.0295. The summed E-state index contributed by atoms with van der Waals surface area (Å²) in [5.74, 6) is 0.547. The van der Waals surface area contributed by atoms with Crippen LogP contribution in [0, 0.1) is 102 Å². The number of carbonyl (C=O) groups is 8. The summed E-state index contributed by atoms with van der Waals surface area (Å²) in [6.45, 7) is 45.5. The second kappa shape index (κ2) is 39.4. The Labute approximate surface area is 832 Å². The SMILES string of the molecule is CCC(C)(C)C(=O)OC12CC3CC(O)(CC(O)(C3)C1)C2.CCC(C)(C)C(=O)OC12CC3CC(O)(CC(O)(C3)C1)C2.CCC(C)(C)C(=O)OC12CC3CC(OC4CCCCO4)(C1)CC(OC1CCCCO1)(C3)C2.CCC(C)(C)C(=O)OC1C2CC3C(=O)OC1C3C2.CCC(C)(C)C(=O)OC1C2CC3C1OC(=O)C3(C#N)C2.CCOC(C)OC12CC3CC(OC(=O)C(C)(C)CC)(C1)CC(OC(C)OCC)(C3)C2. The van der Waals surface area contributed by atoms with Gasteiger partial charge in [-0.25, -0.2) is 0 Å². The molecule has 140 heavy (non-hydrogen) atoms. The molecule has 29 nitrogen and oxygen atoms in total. The third-order valence-electron chi connectivity index (χ3n) is 37.9. The van der Waals surface area contributed by atoms with E-state index in [1.165, 1.54) is 0 Å². The van der Waals surface area contributed by atoms with Crippen LogP contribution in [0.25, 0.3) is 0 Å². The van der Waals surface area contributed by atoms with Gasteiger partial charge in [0, 0.05) is 127 Å². The number of nitriles is 1. The van der Waals surface area contributed by atoms with Crippen LogP contribution in [-0.4, -0.2) is 211 Å². The molecule has 24 aliphatic rings. The second-order valence-electron chi connectivity index (χ2n) is 52.4. The van der Waals surface area contributed by atoms with Gasteiger partial charge in [0.25, 0.3) is 0 Å². The third kappa shape index (κ3) is 22.1. The average molecular weight is 1970 g/mol. The van der Waals surface area contributed by atoms with Crippen molar-refractivity contribution in [1.29, 1.82) is 5.26 Å². The predicted molar refractivity (Wildman–Crippen MR) is 512 cm³/mol. The summed E-state index contributed by atoms with van der Waals surface area (Å²) < 4.78 is 96.7. The normalized spacial score (nSPS) is 42.5. The number of hydrogen-bond donors (Lipinski definition) is 4. The van der Waals surface area contributed by atoms with Crippen LogP contribution in [0.1, 0.15) is 409 Å². The van der Waals surface area contributed by atoms with Gasteiger partial charge in [-0.3, -0.25) is 38.4 Å². The van der Waals surface area contributed by atoms with Crippen LogP contribution in [0.5, 0.6) is 0 Å². The molecular formula is C111H175NO28. The third-order valence-corrected chi connectivity index (χ3v) is 37.9. The van der Waals surface area contributed by atoms with Crippen LogP contribution in [0.4, 0.5) is 0 Å². The van der Waals surface area contributed by atoms with E-state index in [0.29, 0.717) is 101 Å². The number of nitrogens with zero attached hydrogens (tertiary/aromatic N) is 1. The maximum Gasteiger partial charge on any atom is 0.327 e. The Morgan fingerprint density at radius 1 is 0.386 bits per heavy atom. The largest absolute Gasteiger partial charge is 0.458 e. The zero-order valence-corrected chi connectivity index (χ0v) is 89.0. The van der Waals surface area contributed by atoms with Crippen molar-refractivity contribution in [2.75, 3.05) is 26.4 Å². The van der Waals surface area contributed by atoms with Crippen LogP contribution >= 0.6 is 0 Å². The highest BCUT2D eigenvalue weighted by Gasteiger charge is 2.75. The molecule has 0 amide bonds. The minimum absolute atomic E-state index is 0.0766. The van der Waals surface area contributed by atoms with Gasteiger partial charge in [-0.15, -0.1) is 0 Å². The second-order valence-corrected chi connectivity index (χ2v) is 52.4. The molecule has 4 N–H and O–H groups in total. The molecule has 4 aliphatic heterocycles. The van der Waals surface area contributed by atoms with Crippen LogP contribution in [-0.2, 0) is 114 Å². The van der Waals surface area contributed by atoms with Crippen molar-refractivity contribution in [3.63, 3.8) is 0 Å². The standard InChI is InChI=1S/C26H42O6.C24H42O6.2C16H26O4.C15H19NO4.C14H20O4/c1-4-23(2,3)22(27)32-26-15-19-13-24(17-26,30-20-9-5-7-11-28-20)16-25(14-19,18-26)31-21-10-6-8-12-29-21;1-8-21(6,7)20(25)30-24-13-19-11-22(15-24,28-17(4)26-9-2)14-23(12-19,16-24)29-18(5)27-10-3;2*1-4-13(2,3)12(17)20-16-7-11-5-14(18,9-16)8-15(19,6-11)10-16;1-4-14(2,3)12(17)19-10-8-5-9-11(10)20-13(18)15(9,6-8)7-16;1-4-14(2,3)13(16)18-10-7-5-8-9(6-7)12(15)17-11(8)10/h19-21H,4-18H2,1-3H3;17-19H,8-16H2,1-7H3;2*11,18-19H,4-10H2,1-3H3;8-11H,4-6H2,1-3H3;7-11H,4-6H2,1-3H3. The summed E-state index contributed by atoms with van der Waals surface area (Å²) in [7, 11) is 0. The van der Waals surface area contributed by atoms with Crippen molar-refractivity contribution >= 4 is 47.8 Å². The fourth-order valence-electron chi connectivity index (χ4n) is 30.4. The van der Waals surface area contributed by atoms with Crippen molar-refractivity contribution in [1.82, 2.24) is 0 Å². The van der Waals surface area contributed by atoms with Gasteiger partial charge < -0.3 is 96.2 Å². The van der Waals surface area contributed by atoms with Crippen molar-refractivity contribution in [2.24, 2.45) is 91.2 Å². The molecule has 4 heterocycles. The van der Waals surface area contributed by atoms with E-state index in [0.717, 1.165) is 206 Å². The monoisotopic (exact) mass is 1970 g/mol. The summed E-state index contributed by atoms with van der Waals surface area (Å²) in [4.78, 5) is 99.0. The molecule has 24 fully saturated rings. The Hall–Kier alpha value is -5.23. The summed E-state index contributed by atoms with van der Waals surface area (Å²) in [6, 6.07) is 2.15. The molecule has 22 atom stereocenters. The molecule has 0 aromatic rings. The van der Waals surface area contributed by atoms with Crippen LogP contribution < -0.4 is 0 Å². The fourth-order valence-corrected chi connectivity index (χ4v) is 30.4. The average Bonchev–Trinajstić information content (AvgIpc) is 1.35. The molecule has 20 bridgehead atoms. The van der Waals surface area contributed by atoms with E-state index in [2.05, 4.69) is 13.0 Å². The Bertz CT molecular complexity index is 4370. The lowest BCUT2D eigenvalue weighted by Crippen LogP contribution is -2.69. The van der Waals surface area contributed by atoms with Crippen molar-refractivity contribution < 1.29 is 135 Å². The zero-order chi connectivity index (χ0) is 102. The van der Waals surface area contributed by atoms with Crippen molar-refractivity contribution in [3.05, 3.63) is 0 Å². The maximum absolute atomic E-state index is 13.2. The molecule has 20 aliphatic carbocycles. The minimum Gasteiger partial charge on any atom is -0.458 e. The van der Waals surface area contributed by atoms with E-state index in [4.69, 9.17) is 75.8 Å². The number of hydrogen-bond acceptors (Lipinski definition) is 29. The smallest absolute Gasteiger partial charge is 0.327 e. The van der Waals surface area contributed by atoms with E-state index in [1.807, 2.05) is 145 Å². The Morgan fingerprint density at radius 3 is 1.05 bits per heavy atom. The summed E-state index contributed by atoms with van der Waals surface area (Å²) >= 11 is 0. The van der Waals surface area contributed by atoms with Crippen molar-refractivity contribution in [3.8, 4) is 6.07 Å². The lowest BCUT2D eigenvalue weighted by Gasteiger charge is -2.65. The van der Waals surface area contributed by atoms with Gasteiger partial charge >= 0.3 is 47.8 Å². The Balaban J connectivity index is 0.000000129. The first-order valence-corrected chi connectivity index (χ1v) is 54.5. The van der Waals surface area contributed by atoms with Gasteiger partial charge in [0.2, 0.25) is 0 Å². The lowest BCUT2D eigenvalue weighted by molar-refractivity contribution is -0.344. The topological polar surface area (TPSA) is 389 Å². The zero-order valence-electron chi connectivity index (χ0n) is 89.0. The van der Waals surface area contributed by atoms with Crippen molar-refractivity contribution in [2.45, 2.75) is 526 Å². The van der Waals surface area contributed by atoms with Crippen LogP contribution in [0.3, 0.4) is 0 Å². The number of rotatable bonds is 30. The first-order valence-electron chi connectivity index (χ1n) is 54.5. The van der Waals surface area contributed by atoms with Gasteiger partial charge in [0.05, 0.1) is 89.3 Å². The molecule has 0 aromatic carbocycles. The predicted octanol–water partition coefficient (Wildman–Crippen LogP) is 18.3. The Morgan fingerprint density at radius 2 is 0.707 bits per heavy atom.